The van der Waals surface area contributed by atoms with Gasteiger partial charge in [0.05, 0.1) is 26.0 Å². The van der Waals surface area contributed by atoms with Gasteiger partial charge in [-0.05, 0) is 55.3 Å². The van der Waals surface area contributed by atoms with E-state index in [9.17, 15) is 14.0 Å². The molecule has 8 heteroatoms. The second-order valence-electron chi connectivity index (χ2n) is 9.36. The SMILES string of the molecule is Cc1ccc(C(=O)N(CCCN2CCOCC2)CC(=O)N(Cc2ccc(F)cc2)Cc2ccco2)cc1. The second kappa shape index (κ2) is 13.2. The molecule has 0 bridgehead atoms. The van der Waals surface area contributed by atoms with Crippen molar-refractivity contribution in [3.8, 4) is 0 Å². The van der Waals surface area contributed by atoms with Crippen LogP contribution in [0.3, 0.4) is 0 Å². The van der Waals surface area contributed by atoms with Crippen LogP contribution in [0.5, 0.6) is 0 Å². The molecule has 1 aromatic heterocycles. The fourth-order valence-electron chi connectivity index (χ4n) is 4.34. The topological polar surface area (TPSA) is 66.2 Å². The van der Waals surface area contributed by atoms with Crippen molar-refractivity contribution in [1.29, 1.82) is 0 Å². The van der Waals surface area contributed by atoms with Gasteiger partial charge in [0.25, 0.3) is 5.91 Å². The zero-order chi connectivity index (χ0) is 26.0. The molecule has 2 aromatic carbocycles. The fraction of sp³-hybridized carbons (Fsp3) is 0.379. The van der Waals surface area contributed by atoms with Gasteiger partial charge in [0.15, 0.2) is 0 Å². The summed E-state index contributed by atoms with van der Waals surface area (Å²) >= 11 is 0. The molecular formula is C29H34FN3O4. The molecule has 2 amide bonds. The number of nitrogens with zero attached hydrogens (tertiary/aromatic N) is 3. The van der Waals surface area contributed by atoms with Gasteiger partial charge in [-0.3, -0.25) is 14.5 Å². The van der Waals surface area contributed by atoms with E-state index in [0.29, 0.717) is 17.9 Å². The minimum atomic E-state index is -0.331. The van der Waals surface area contributed by atoms with Gasteiger partial charge < -0.3 is 19.0 Å². The molecule has 0 N–H and O–H groups in total. The number of carbonyl (C=O) groups excluding carboxylic acids is 2. The highest BCUT2D eigenvalue weighted by atomic mass is 19.1. The van der Waals surface area contributed by atoms with Gasteiger partial charge in [0.2, 0.25) is 5.91 Å². The van der Waals surface area contributed by atoms with Gasteiger partial charge in [0.1, 0.15) is 18.1 Å². The Hall–Kier alpha value is -3.49. The van der Waals surface area contributed by atoms with E-state index in [1.165, 1.54) is 12.1 Å². The molecule has 0 aliphatic carbocycles. The lowest BCUT2D eigenvalue weighted by Crippen LogP contribution is -2.44. The van der Waals surface area contributed by atoms with Crippen LogP contribution in [0.1, 0.15) is 33.7 Å². The molecule has 3 aromatic rings. The van der Waals surface area contributed by atoms with Crippen molar-refractivity contribution < 1.29 is 23.1 Å². The maximum atomic E-state index is 13.6. The molecule has 0 radical (unpaired) electrons. The maximum absolute atomic E-state index is 13.6. The molecule has 2 heterocycles. The number of hydrogen-bond acceptors (Lipinski definition) is 5. The summed E-state index contributed by atoms with van der Waals surface area (Å²) in [4.78, 5) is 32.7. The van der Waals surface area contributed by atoms with E-state index in [0.717, 1.165) is 50.4 Å². The third-order valence-corrected chi connectivity index (χ3v) is 6.48. The Bertz CT molecular complexity index is 1130. The van der Waals surface area contributed by atoms with Gasteiger partial charge in [-0.1, -0.05) is 29.8 Å². The van der Waals surface area contributed by atoms with Crippen molar-refractivity contribution in [2.45, 2.75) is 26.4 Å². The van der Waals surface area contributed by atoms with Gasteiger partial charge >= 0.3 is 0 Å². The quantitative estimate of drug-likeness (QED) is 0.391. The number of benzene rings is 2. The number of furan rings is 1. The molecule has 0 unspecified atom stereocenters. The number of ether oxygens (including phenoxy) is 1. The Morgan fingerprint density at radius 2 is 1.68 bits per heavy atom. The first kappa shape index (κ1) is 26.6. The zero-order valence-electron chi connectivity index (χ0n) is 21.3. The number of hydrogen-bond donors (Lipinski definition) is 0. The Labute approximate surface area is 217 Å². The maximum Gasteiger partial charge on any atom is 0.254 e. The Kier molecular flexibility index (Phi) is 9.46. The van der Waals surface area contributed by atoms with Crippen molar-refractivity contribution in [3.63, 3.8) is 0 Å². The molecule has 1 fully saturated rings. The third-order valence-electron chi connectivity index (χ3n) is 6.48. The van der Waals surface area contributed by atoms with Gasteiger partial charge in [-0.15, -0.1) is 0 Å². The Morgan fingerprint density at radius 3 is 2.35 bits per heavy atom. The van der Waals surface area contributed by atoms with Gasteiger partial charge in [-0.25, -0.2) is 4.39 Å². The summed E-state index contributed by atoms with van der Waals surface area (Å²) in [5.41, 5.74) is 2.42. The van der Waals surface area contributed by atoms with Crippen LogP contribution in [0.4, 0.5) is 4.39 Å². The summed E-state index contributed by atoms with van der Waals surface area (Å²) in [6.07, 6.45) is 2.32. The molecule has 196 valence electrons. The second-order valence-corrected chi connectivity index (χ2v) is 9.36. The summed E-state index contributed by atoms with van der Waals surface area (Å²) in [5.74, 6) is -0.0652. The predicted molar refractivity (Wildman–Crippen MR) is 138 cm³/mol. The highest BCUT2D eigenvalue weighted by molar-refractivity contribution is 5.96. The van der Waals surface area contributed by atoms with Crippen LogP contribution in [-0.4, -0.2) is 72.5 Å². The molecule has 1 saturated heterocycles. The molecule has 0 spiro atoms. The zero-order valence-corrected chi connectivity index (χ0v) is 21.3. The first-order valence-electron chi connectivity index (χ1n) is 12.7. The summed E-state index contributed by atoms with van der Waals surface area (Å²) < 4.78 is 24.3. The van der Waals surface area contributed by atoms with E-state index in [-0.39, 0.29) is 37.3 Å². The number of halogens is 1. The van der Waals surface area contributed by atoms with Crippen LogP contribution in [0.2, 0.25) is 0 Å². The van der Waals surface area contributed by atoms with Crippen molar-refractivity contribution in [1.82, 2.24) is 14.7 Å². The van der Waals surface area contributed by atoms with E-state index in [1.54, 1.807) is 46.4 Å². The third kappa shape index (κ3) is 8.00. The average Bonchev–Trinajstić information content (AvgIpc) is 3.43. The largest absolute Gasteiger partial charge is 0.467 e. The predicted octanol–water partition coefficient (Wildman–Crippen LogP) is 4.12. The van der Waals surface area contributed by atoms with Gasteiger partial charge in [-0.2, -0.15) is 0 Å². The number of aryl methyl sites for hydroxylation is 1. The summed E-state index contributed by atoms with van der Waals surface area (Å²) in [6.45, 7) is 6.92. The summed E-state index contributed by atoms with van der Waals surface area (Å²) in [5, 5.41) is 0. The van der Waals surface area contributed by atoms with E-state index < -0.39 is 0 Å². The van der Waals surface area contributed by atoms with Gasteiger partial charge in [0, 0.05) is 38.3 Å². The smallest absolute Gasteiger partial charge is 0.254 e. The van der Waals surface area contributed by atoms with E-state index >= 15 is 0 Å². The molecular weight excluding hydrogens is 473 g/mol. The van der Waals surface area contributed by atoms with Crippen LogP contribution in [0.25, 0.3) is 0 Å². The first-order valence-corrected chi connectivity index (χ1v) is 12.7. The van der Waals surface area contributed by atoms with Crippen molar-refractivity contribution in [3.05, 3.63) is 95.2 Å². The highest BCUT2D eigenvalue weighted by Gasteiger charge is 2.24. The molecule has 0 saturated carbocycles. The van der Waals surface area contributed by atoms with E-state index in [4.69, 9.17) is 9.15 Å². The lowest BCUT2D eigenvalue weighted by Gasteiger charge is -2.30. The molecule has 37 heavy (non-hydrogen) atoms. The molecule has 1 aliphatic rings. The first-order chi connectivity index (χ1) is 18.0. The number of morpholine rings is 1. The lowest BCUT2D eigenvalue weighted by atomic mass is 10.1. The minimum Gasteiger partial charge on any atom is -0.467 e. The lowest BCUT2D eigenvalue weighted by molar-refractivity contribution is -0.133. The summed E-state index contributed by atoms with van der Waals surface area (Å²) in [6, 6.07) is 17.1. The Morgan fingerprint density at radius 1 is 0.946 bits per heavy atom. The molecule has 7 nitrogen and oxygen atoms in total. The van der Waals surface area contributed by atoms with Crippen LogP contribution in [0, 0.1) is 12.7 Å². The monoisotopic (exact) mass is 507 g/mol. The van der Waals surface area contributed by atoms with E-state index in [1.807, 2.05) is 25.1 Å². The number of rotatable bonds is 11. The minimum absolute atomic E-state index is 0.0578. The number of amides is 2. The highest BCUT2D eigenvalue weighted by Crippen LogP contribution is 2.14. The van der Waals surface area contributed by atoms with Crippen molar-refractivity contribution >= 4 is 11.8 Å². The van der Waals surface area contributed by atoms with Crippen LogP contribution >= 0.6 is 0 Å². The average molecular weight is 508 g/mol. The van der Waals surface area contributed by atoms with Crippen LogP contribution < -0.4 is 0 Å². The summed E-state index contributed by atoms with van der Waals surface area (Å²) in [7, 11) is 0. The van der Waals surface area contributed by atoms with Crippen LogP contribution in [0.15, 0.2) is 71.3 Å². The fourth-order valence-corrected chi connectivity index (χ4v) is 4.34. The Balaban J connectivity index is 1.48. The normalized spacial score (nSPS) is 13.9. The van der Waals surface area contributed by atoms with Crippen molar-refractivity contribution in [2.75, 3.05) is 45.9 Å². The number of carbonyl (C=O) groups is 2. The van der Waals surface area contributed by atoms with E-state index in [2.05, 4.69) is 4.90 Å². The molecule has 1 aliphatic heterocycles. The molecule has 0 atom stereocenters. The standard InChI is InChI=1S/C29H34FN3O4/c1-23-5-9-25(10-6-23)29(35)32(14-3-13-31-15-18-36-19-16-31)22-28(34)33(21-27-4-2-17-37-27)20-24-7-11-26(30)12-8-24/h2,4-12,17H,3,13-16,18-22H2,1H3. The van der Waals surface area contributed by atoms with Crippen LogP contribution in [-0.2, 0) is 22.6 Å². The molecule has 4 rings (SSSR count). The van der Waals surface area contributed by atoms with Crippen molar-refractivity contribution in [2.24, 2.45) is 0 Å².